The van der Waals surface area contributed by atoms with E-state index in [0.29, 0.717) is 12.4 Å². The van der Waals surface area contributed by atoms with Crippen LogP contribution in [0.1, 0.15) is 37.2 Å². The topological polar surface area (TPSA) is 58.0 Å². The van der Waals surface area contributed by atoms with E-state index >= 15 is 0 Å². The smallest absolute Gasteiger partial charge is 0.350 e. The lowest BCUT2D eigenvalue weighted by Gasteiger charge is -2.39. The molecular weight excluding hydrogens is 357 g/mol. The van der Waals surface area contributed by atoms with Gasteiger partial charge in [-0.1, -0.05) is 0 Å². The summed E-state index contributed by atoms with van der Waals surface area (Å²) in [5.41, 5.74) is -0.878. The predicted molar refractivity (Wildman–Crippen MR) is 92.9 cm³/mol. The zero-order valence-corrected chi connectivity index (χ0v) is 14.8. The van der Waals surface area contributed by atoms with Crippen LogP contribution in [-0.2, 0) is 12.7 Å². The van der Waals surface area contributed by atoms with Crippen LogP contribution in [0.15, 0.2) is 30.9 Å². The molecular formula is C18H21F3N6. The third-order valence-electron chi connectivity index (χ3n) is 5.08. The molecule has 6 nitrogen and oxygen atoms in total. The minimum atomic E-state index is -4.45. The maximum atomic E-state index is 13.0. The Morgan fingerprint density at radius 1 is 0.963 bits per heavy atom. The molecule has 0 amide bonds. The second kappa shape index (κ2) is 7.38. The highest BCUT2D eigenvalue weighted by Gasteiger charge is 2.38. The van der Waals surface area contributed by atoms with Gasteiger partial charge in [-0.3, -0.25) is 4.90 Å². The van der Waals surface area contributed by atoms with Gasteiger partial charge < -0.3 is 4.90 Å². The molecule has 1 aliphatic heterocycles. The molecule has 144 valence electrons. The van der Waals surface area contributed by atoms with Gasteiger partial charge in [-0.25, -0.2) is 19.9 Å². The molecule has 1 aliphatic carbocycles. The van der Waals surface area contributed by atoms with Crippen molar-refractivity contribution in [3.63, 3.8) is 0 Å². The lowest BCUT2D eigenvalue weighted by Crippen LogP contribution is -2.46. The van der Waals surface area contributed by atoms with Crippen LogP contribution >= 0.6 is 0 Å². The maximum absolute atomic E-state index is 13.0. The van der Waals surface area contributed by atoms with Gasteiger partial charge >= 0.3 is 6.18 Å². The predicted octanol–water partition coefficient (Wildman–Crippen LogP) is 2.92. The summed E-state index contributed by atoms with van der Waals surface area (Å²) in [5, 5.41) is 0. The van der Waals surface area contributed by atoms with E-state index in [9.17, 15) is 13.2 Å². The van der Waals surface area contributed by atoms with Crippen molar-refractivity contribution in [2.24, 2.45) is 0 Å². The van der Waals surface area contributed by atoms with Gasteiger partial charge in [0.2, 0.25) is 0 Å². The molecule has 0 bridgehead atoms. The van der Waals surface area contributed by atoms with Crippen LogP contribution in [0.3, 0.4) is 0 Å². The molecule has 0 radical (unpaired) electrons. The number of halogens is 3. The van der Waals surface area contributed by atoms with Crippen molar-refractivity contribution in [3.8, 4) is 0 Å². The number of hydrogen-bond donors (Lipinski definition) is 0. The first-order valence-electron chi connectivity index (χ1n) is 9.16. The number of likely N-dealkylation sites (tertiary alicyclic amines) is 1. The Bertz CT molecular complexity index is 757. The molecule has 27 heavy (non-hydrogen) atoms. The Kier molecular flexibility index (Phi) is 4.94. The van der Waals surface area contributed by atoms with Crippen LogP contribution < -0.4 is 4.90 Å². The van der Waals surface area contributed by atoms with E-state index in [0.717, 1.165) is 57.0 Å². The highest BCUT2D eigenvalue weighted by Crippen LogP contribution is 2.37. The Labute approximate surface area is 155 Å². The average molecular weight is 378 g/mol. The molecule has 2 aromatic rings. The van der Waals surface area contributed by atoms with Gasteiger partial charge in [0.1, 0.15) is 23.7 Å². The van der Waals surface area contributed by atoms with Gasteiger partial charge in [0.05, 0.1) is 6.54 Å². The van der Waals surface area contributed by atoms with Crippen LogP contribution in [0, 0.1) is 0 Å². The Morgan fingerprint density at radius 2 is 1.63 bits per heavy atom. The summed E-state index contributed by atoms with van der Waals surface area (Å²) in [6.45, 7) is 2.43. The average Bonchev–Trinajstić information content (AvgIpc) is 3.49. The molecule has 0 aromatic carbocycles. The normalized spacial score (nSPS) is 19.2. The molecule has 0 N–H and O–H groups in total. The van der Waals surface area contributed by atoms with E-state index in [-0.39, 0.29) is 12.1 Å². The van der Waals surface area contributed by atoms with Gasteiger partial charge in [0.15, 0.2) is 0 Å². The summed E-state index contributed by atoms with van der Waals surface area (Å²) in [5.74, 6) is 1.19. The molecule has 2 aromatic heterocycles. The number of alkyl halides is 3. The van der Waals surface area contributed by atoms with Crippen molar-refractivity contribution in [3.05, 3.63) is 42.4 Å². The quantitative estimate of drug-likeness (QED) is 0.797. The molecule has 3 heterocycles. The number of piperidine rings is 1. The van der Waals surface area contributed by atoms with E-state index in [1.54, 1.807) is 18.5 Å². The van der Waals surface area contributed by atoms with E-state index in [4.69, 9.17) is 0 Å². The molecule has 1 saturated carbocycles. The minimum absolute atomic E-state index is 0.196. The van der Waals surface area contributed by atoms with E-state index in [1.807, 2.05) is 0 Å². The molecule has 1 saturated heterocycles. The lowest BCUT2D eigenvalue weighted by atomic mass is 10.0. The molecule has 9 heteroatoms. The largest absolute Gasteiger partial charge is 0.433 e. The van der Waals surface area contributed by atoms with Crippen molar-refractivity contribution in [2.75, 3.05) is 18.0 Å². The summed E-state index contributed by atoms with van der Waals surface area (Å²) < 4.78 is 39.1. The fraction of sp³-hybridized carbons (Fsp3) is 0.556. The third-order valence-corrected chi connectivity index (χ3v) is 5.08. The van der Waals surface area contributed by atoms with Crippen molar-refractivity contribution in [1.82, 2.24) is 24.8 Å². The Hall–Kier alpha value is -2.29. The molecule has 2 aliphatic rings. The van der Waals surface area contributed by atoms with Crippen molar-refractivity contribution < 1.29 is 13.2 Å². The molecule has 2 fully saturated rings. The van der Waals surface area contributed by atoms with E-state index in [1.165, 1.54) is 0 Å². The van der Waals surface area contributed by atoms with Crippen LogP contribution in [-0.4, -0.2) is 50.0 Å². The van der Waals surface area contributed by atoms with Crippen LogP contribution in [0.4, 0.5) is 19.0 Å². The van der Waals surface area contributed by atoms with Crippen molar-refractivity contribution in [1.29, 1.82) is 0 Å². The first kappa shape index (κ1) is 18.1. The number of rotatable bonds is 5. The van der Waals surface area contributed by atoms with Crippen molar-refractivity contribution in [2.45, 2.75) is 50.5 Å². The maximum Gasteiger partial charge on any atom is 0.433 e. The van der Waals surface area contributed by atoms with Crippen LogP contribution in [0.2, 0.25) is 0 Å². The minimum Gasteiger partial charge on any atom is -0.350 e. The van der Waals surface area contributed by atoms with Crippen LogP contribution in [0.5, 0.6) is 0 Å². The number of anilines is 1. The van der Waals surface area contributed by atoms with E-state index < -0.39 is 11.9 Å². The summed E-state index contributed by atoms with van der Waals surface area (Å²) in [7, 11) is 0. The molecule has 4 rings (SSSR count). The van der Waals surface area contributed by atoms with Gasteiger partial charge in [-0.05, 0) is 31.7 Å². The zero-order valence-electron chi connectivity index (χ0n) is 14.8. The SMILES string of the molecule is FC(F)(F)c1cc(N(C2CC2)C2CCN(Cc3ncccn3)CC2)ncn1. The zero-order chi connectivity index (χ0) is 18.9. The standard InChI is InChI=1S/C18H21F3N6/c19-18(20,21)15-10-17(25-12-24-15)27(13-2-3-13)14-4-8-26(9-5-14)11-16-22-6-1-7-23-16/h1,6-7,10,12-14H,2-5,8-9,11H2. The van der Waals surface area contributed by atoms with Crippen molar-refractivity contribution >= 4 is 5.82 Å². The summed E-state index contributed by atoms with van der Waals surface area (Å²) in [4.78, 5) is 20.4. The molecule has 0 unspecified atom stereocenters. The third kappa shape index (κ3) is 4.35. The Morgan fingerprint density at radius 3 is 2.26 bits per heavy atom. The summed E-state index contributed by atoms with van der Waals surface area (Å²) >= 11 is 0. The monoisotopic (exact) mass is 378 g/mol. The highest BCUT2D eigenvalue weighted by atomic mass is 19.4. The van der Waals surface area contributed by atoms with Gasteiger partial charge in [0, 0.05) is 43.6 Å². The second-order valence-electron chi connectivity index (χ2n) is 7.07. The van der Waals surface area contributed by atoms with Gasteiger partial charge in [-0.2, -0.15) is 13.2 Å². The summed E-state index contributed by atoms with van der Waals surface area (Å²) in [6, 6.07) is 3.36. The number of nitrogens with zero attached hydrogens (tertiary/aromatic N) is 6. The fourth-order valence-corrected chi connectivity index (χ4v) is 3.64. The van der Waals surface area contributed by atoms with Crippen LogP contribution in [0.25, 0.3) is 0 Å². The lowest BCUT2D eigenvalue weighted by molar-refractivity contribution is -0.141. The first-order chi connectivity index (χ1) is 13.0. The fourth-order valence-electron chi connectivity index (χ4n) is 3.64. The second-order valence-corrected chi connectivity index (χ2v) is 7.07. The molecule has 0 spiro atoms. The highest BCUT2D eigenvalue weighted by molar-refractivity contribution is 5.44. The number of hydrogen-bond acceptors (Lipinski definition) is 6. The summed E-state index contributed by atoms with van der Waals surface area (Å²) in [6.07, 6.45) is 3.81. The molecule has 0 atom stereocenters. The Balaban J connectivity index is 1.44. The first-order valence-corrected chi connectivity index (χ1v) is 9.16. The van der Waals surface area contributed by atoms with Gasteiger partial charge in [0.25, 0.3) is 0 Å². The number of aromatic nitrogens is 4. The van der Waals surface area contributed by atoms with E-state index in [2.05, 4.69) is 29.7 Å². The van der Waals surface area contributed by atoms with Gasteiger partial charge in [-0.15, -0.1) is 0 Å².